The van der Waals surface area contributed by atoms with Gasteiger partial charge >= 0.3 is 0 Å². The molecule has 2 aromatic rings. The maximum absolute atomic E-state index is 13.3. The van der Waals surface area contributed by atoms with E-state index in [0.29, 0.717) is 12.0 Å². The second kappa shape index (κ2) is 9.64. The first kappa shape index (κ1) is 22.0. The van der Waals surface area contributed by atoms with Gasteiger partial charge in [-0.05, 0) is 73.9 Å². The number of hydrogen-bond acceptors (Lipinski definition) is 6. The Balaban J connectivity index is 1.07. The van der Waals surface area contributed by atoms with E-state index in [1.165, 1.54) is 11.1 Å². The van der Waals surface area contributed by atoms with Crippen molar-refractivity contribution in [1.29, 1.82) is 0 Å². The largest absolute Gasteiger partial charge is 0.493 e. The maximum atomic E-state index is 13.3. The van der Waals surface area contributed by atoms with E-state index in [-0.39, 0.29) is 23.9 Å². The van der Waals surface area contributed by atoms with Gasteiger partial charge in [0.2, 0.25) is 5.91 Å². The minimum Gasteiger partial charge on any atom is -0.493 e. The number of piperidine rings is 1. The number of benzene rings is 1. The lowest BCUT2D eigenvalue weighted by Gasteiger charge is -2.36. The van der Waals surface area contributed by atoms with Crippen LogP contribution in [0.3, 0.4) is 0 Å². The molecule has 1 saturated carbocycles. The van der Waals surface area contributed by atoms with Gasteiger partial charge in [-0.15, -0.1) is 0 Å². The zero-order valence-corrected chi connectivity index (χ0v) is 19.7. The fourth-order valence-electron chi connectivity index (χ4n) is 6.38. The Hall–Kier alpha value is -2.48. The van der Waals surface area contributed by atoms with Crippen LogP contribution in [0.25, 0.3) is 0 Å². The average molecular weight is 462 g/mol. The van der Waals surface area contributed by atoms with Crippen LogP contribution < -0.4 is 20.9 Å². The normalized spacial score (nSPS) is 30.9. The zero-order chi connectivity index (χ0) is 22.9. The van der Waals surface area contributed by atoms with Crippen LogP contribution >= 0.6 is 0 Å². The highest BCUT2D eigenvalue weighted by atomic mass is 16.5. The Morgan fingerprint density at radius 3 is 3.06 bits per heavy atom. The fraction of sp³-hybridized carbons (Fsp3) is 0.556. The van der Waals surface area contributed by atoms with Crippen molar-refractivity contribution < 1.29 is 9.53 Å². The number of amides is 1. The molecular weight excluding hydrogens is 426 g/mol. The first-order valence-corrected chi connectivity index (χ1v) is 12.9. The van der Waals surface area contributed by atoms with Crippen LogP contribution in [0, 0.1) is 11.8 Å². The molecule has 2 saturated heterocycles. The summed E-state index contributed by atoms with van der Waals surface area (Å²) in [5, 5.41) is 3.41. The summed E-state index contributed by atoms with van der Waals surface area (Å²) in [5.74, 6) is 1.79. The predicted octanol–water partition coefficient (Wildman–Crippen LogP) is 2.73. The van der Waals surface area contributed by atoms with Crippen LogP contribution in [0.1, 0.15) is 55.0 Å². The monoisotopic (exact) mass is 461 g/mol. The number of hydrazine groups is 1. The Labute approximate surface area is 201 Å². The Morgan fingerprint density at radius 1 is 1.18 bits per heavy atom. The van der Waals surface area contributed by atoms with Crippen molar-refractivity contribution in [3.05, 3.63) is 59.4 Å². The number of carbonyl (C=O) groups excluding carboxylic acids is 1. The first-order chi connectivity index (χ1) is 16.7. The third kappa shape index (κ3) is 4.57. The van der Waals surface area contributed by atoms with Crippen LogP contribution in [-0.4, -0.2) is 47.6 Å². The molecule has 3 fully saturated rings. The van der Waals surface area contributed by atoms with Gasteiger partial charge in [-0.25, -0.2) is 5.43 Å². The number of likely N-dealkylation sites (tertiary alicyclic amines) is 1. The van der Waals surface area contributed by atoms with Crippen LogP contribution in [0.4, 0.5) is 0 Å². The van der Waals surface area contributed by atoms with Gasteiger partial charge in [-0.2, -0.15) is 0 Å². The summed E-state index contributed by atoms with van der Waals surface area (Å²) >= 11 is 0. The lowest BCUT2D eigenvalue weighted by atomic mass is 9.74. The van der Waals surface area contributed by atoms with Gasteiger partial charge in [-0.3, -0.25) is 20.1 Å². The molecule has 0 spiro atoms. The molecule has 7 nitrogen and oxygen atoms in total. The number of nitrogens with zero attached hydrogens (tertiary/aromatic N) is 2. The second-order valence-corrected chi connectivity index (χ2v) is 10.4. The van der Waals surface area contributed by atoms with Crippen LogP contribution in [0.5, 0.6) is 5.75 Å². The number of rotatable bonds is 5. The van der Waals surface area contributed by atoms with E-state index in [2.05, 4.69) is 50.3 Å². The number of pyridine rings is 1. The number of nitrogens with one attached hydrogen (secondary N) is 3. The average Bonchev–Trinajstić information content (AvgIpc) is 3.51. The van der Waals surface area contributed by atoms with Crippen molar-refractivity contribution in [1.82, 2.24) is 26.1 Å². The Kier molecular flexibility index (Phi) is 6.24. The summed E-state index contributed by atoms with van der Waals surface area (Å²) in [6, 6.07) is 13.6. The van der Waals surface area contributed by atoms with Crippen molar-refractivity contribution in [2.75, 3.05) is 19.7 Å². The SMILES string of the molecule is O=C(N[C@@H]1CCCN(Cc2ccccn2)C1)C1CCC2NNC(c3ccc4c(c3)CCO4)C2C1. The number of fused-ring (bicyclic) bond motifs is 2. The summed E-state index contributed by atoms with van der Waals surface area (Å²) in [4.78, 5) is 20.2. The van der Waals surface area contributed by atoms with Gasteiger partial charge in [0.05, 0.1) is 18.3 Å². The topological polar surface area (TPSA) is 78.5 Å². The first-order valence-electron chi connectivity index (χ1n) is 12.9. The van der Waals surface area contributed by atoms with Crippen molar-refractivity contribution in [3.8, 4) is 5.75 Å². The molecule has 0 radical (unpaired) electrons. The van der Waals surface area contributed by atoms with Crippen LogP contribution in [0.15, 0.2) is 42.6 Å². The highest BCUT2D eigenvalue weighted by Gasteiger charge is 2.43. The summed E-state index contributed by atoms with van der Waals surface area (Å²) in [6.45, 7) is 3.61. The van der Waals surface area contributed by atoms with E-state index >= 15 is 0 Å². The molecule has 34 heavy (non-hydrogen) atoms. The Bertz CT molecular complexity index is 1020. The van der Waals surface area contributed by atoms with Crippen molar-refractivity contribution in [3.63, 3.8) is 0 Å². The molecule has 7 heteroatoms. The summed E-state index contributed by atoms with van der Waals surface area (Å²) in [7, 11) is 0. The van der Waals surface area contributed by atoms with Gasteiger partial charge in [-0.1, -0.05) is 18.2 Å². The molecule has 4 unspecified atom stereocenters. The van der Waals surface area contributed by atoms with Crippen LogP contribution in [-0.2, 0) is 17.8 Å². The second-order valence-electron chi connectivity index (χ2n) is 10.4. The van der Waals surface area contributed by atoms with E-state index in [1.54, 1.807) is 0 Å². The number of aromatic nitrogens is 1. The van der Waals surface area contributed by atoms with E-state index < -0.39 is 0 Å². The number of hydrogen-bond donors (Lipinski definition) is 3. The van der Waals surface area contributed by atoms with E-state index in [1.807, 2.05) is 18.3 Å². The van der Waals surface area contributed by atoms with Gasteiger partial charge in [0.15, 0.2) is 0 Å². The fourth-order valence-corrected chi connectivity index (χ4v) is 6.38. The van der Waals surface area contributed by atoms with E-state index in [0.717, 1.165) is 76.2 Å². The number of ether oxygens (including phenoxy) is 1. The van der Waals surface area contributed by atoms with E-state index in [4.69, 9.17) is 4.74 Å². The van der Waals surface area contributed by atoms with Crippen molar-refractivity contribution >= 4 is 5.91 Å². The molecule has 1 aliphatic carbocycles. The molecule has 4 heterocycles. The quantitative estimate of drug-likeness (QED) is 0.636. The molecule has 3 N–H and O–H groups in total. The maximum Gasteiger partial charge on any atom is 0.223 e. The molecular formula is C27H35N5O2. The van der Waals surface area contributed by atoms with Gasteiger partial charge < -0.3 is 10.1 Å². The van der Waals surface area contributed by atoms with Gasteiger partial charge in [0, 0.05) is 43.7 Å². The lowest BCUT2D eigenvalue weighted by molar-refractivity contribution is -0.127. The third-order valence-corrected chi connectivity index (χ3v) is 8.16. The van der Waals surface area contributed by atoms with Gasteiger partial charge in [0.25, 0.3) is 0 Å². The molecule has 1 aromatic heterocycles. The zero-order valence-electron chi connectivity index (χ0n) is 19.7. The molecule has 6 rings (SSSR count). The molecule has 1 amide bonds. The molecule has 180 valence electrons. The standard InChI is InChI=1S/C27H35N5O2/c33-27(29-22-5-3-12-32(17-22)16-21-4-1-2-11-28-21)20-6-8-24-23(15-20)26(31-30-24)19-7-9-25-18(14-19)10-13-34-25/h1-2,4,7,9,11,14,20,22-24,26,30-31H,3,5-6,8,10,12-13,15-17H2,(H,29,33)/t20?,22-,23?,24?,26?/m1/s1. The molecule has 0 bridgehead atoms. The molecule has 1 aromatic carbocycles. The van der Waals surface area contributed by atoms with Crippen LogP contribution in [0.2, 0.25) is 0 Å². The Morgan fingerprint density at radius 2 is 2.15 bits per heavy atom. The number of carbonyl (C=O) groups is 1. The molecule has 4 aliphatic rings. The minimum absolute atomic E-state index is 0.0920. The lowest BCUT2D eigenvalue weighted by Crippen LogP contribution is -2.50. The van der Waals surface area contributed by atoms with E-state index in [9.17, 15) is 4.79 Å². The highest BCUT2D eigenvalue weighted by molar-refractivity contribution is 5.79. The predicted molar refractivity (Wildman–Crippen MR) is 130 cm³/mol. The highest BCUT2D eigenvalue weighted by Crippen LogP contribution is 2.41. The third-order valence-electron chi connectivity index (χ3n) is 8.16. The smallest absolute Gasteiger partial charge is 0.223 e. The van der Waals surface area contributed by atoms with Crippen molar-refractivity contribution in [2.24, 2.45) is 11.8 Å². The summed E-state index contributed by atoms with van der Waals surface area (Å²) in [5.41, 5.74) is 10.8. The van der Waals surface area contributed by atoms with Gasteiger partial charge in [0.1, 0.15) is 5.75 Å². The van der Waals surface area contributed by atoms with Crippen molar-refractivity contribution in [2.45, 2.75) is 63.2 Å². The molecule has 3 aliphatic heterocycles. The molecule has 5 atom stereocenters. The summed E-state index contributed by atoms with van der Waals surface area (Å²) < 4.78 is 5.69. The summed E-state index contributed by atoms with van der Waals surface area (Å²) in [6.07, 6.45) is 7.94. The minimum atomic E-state index is 0.0920.